The lowest BCUT2D eigenvalue weighted by Gasteiger charge is -2.31. The molecule has 0 bridgehead atoms. The predicted octanol–water partition coefficient (Wildman–Crippen LogP) is 2.64. The normalized spacial score (nSPS) is 20.8. The number of amides is 2. The first-order valence-electron chi connectivity index (χ1n) is 10.8. The molecule has 2 amide bonds. The Morgan fingerprint density at radius 3 is 2.52 bits per heavy atom. The van der Waals surface area contributed by atoms with E-state index >= 15 is 0 Å². The second kappa shape index (κ2) is 8.76. The molecule has 2 atom stereocenters. The topological polar surface area (TPSA) is 124 Å². The summed E-state index contributed by atoms with van der Waals surface area (Å²) in [5, 5.41) is 31.9. The van der Waals surface area contributed by atoms with Gasteiger partial charge in [-0.2, -0.15) is 0 Å². The minimum atomic E-state index is -1.97. The molecule has 2 aliphatic rings. The molecule has 1 fully saturated rings. The monoisotopic (exact) mass is 451 g/mol. The Labute approximate surface area is 190 Å². The number of aliphatic hydroxyl groups is 2. The summed E-state index contributed by atoms with van der Waals surface area (Å²) < 4.78 is 0. The van der Waals surface area contributed by atoms with Crippen LogP contribution in [0.5, 0.6) is 0 Å². The molecule has 172 valence electrons. The summed E-state index contributed by atoms with van der Waals surface area (Å²) in [6.07, 6.45) is 4.22. The molecule has 2 N–H and O–H groups in total. The number of benzene rings is 2. The van der Waals surface area contributed by atoms with Crippen molar-refractivity contribution in [3.63, 3.8) is 0 Å². The second-order valence-corrected chi connectivity index (χ2v) is 8.31. The summed E-state index contributed by atoms with van der Waals surface area (Å²) in [7, 11) is 0. The van der Waals surface area contributed by atoms with Crippen molar-refractivity contribution < 1.29 is 24.7 Å². The van der Waals surface area contributed by atoms with Crippen LogP contribution < -0.4 is 9.80 Å². The van der Waals surface area contributed by atoms with Crippen LogP contribution in [0.1, 0.15) is 30.9 Å². The maximum absolute atomic E-state index is 13.5. The van der Waals surface area contributed by atoms with Crippen LogP contribution in [0.25, 0.3) is 0 Å². The smallest absolute Gasteiger partial charge is 0.269 e. The number of carbonyl (C=O) groups excluding carboxylic acids is 2. The summed E-state index contributed by atoms with van der Waals surface area (Å²) in [5.74, 6) is -1.18. The molecule has 2 aromatic carbocycles. The number of carbonyl (C=O) groups is 2. The first-order chi connectivity index (χ1) is 15.8. The maximum Gasteiger partial charge on any atom is 0.269 e. The summed E-state index contributed by atoms with van der Waals surface area (Å²) in [4.78, 5) is 39.0. The Balaban J connectivity index is 1.67. The number of aliphatic hydroxyl groups excluding tert-OH is 1. The molecule has 2 aromatic rings. The maximum atomic E-state index is 13.5. The van der Waals surface area contributed by atoms with Gasteiger partial charge >= 0.3 is 0 Å². The fourth-order valence-electron chi connectivity index (χ4n) is 4.27. The molecule has 0 aliphatic carbocycles. The van der Waals surface area contributed by atoms with Crippen LogP contribution in [0.15, 0.2) is 54.6 Å². The highest BCUT2D eigenvalue weighted by Crippen LogP contribution is 2.47. The van der Waals surface area contributed by atoms with Crippen molar-refractivity contribution in [3.8, 4) is 0 Å². The second-order valence-electron chi connectivity index (χ2n) is 8.31. The number of rotatable bonds is 8. The van der Waals surface area contributed by atoms with Gasteiger partial charge < -0.3 is 20.0 Å². The SMILES string of the molecule is C[C@H](/C=C/CCO)[C@@]1(O)C(=O)N(Cc2ccc(N3CCC3=O)cc2)c2ccc([N+](=O)[O-])cc21. The summed E-state index contributed by atoms with van der Waals surface area (Å²) >= 11 is 0. The van der Waals surface area contributed by atoms with E-state index in [1.54, 1.807) is 24.0 Å². The lowest BCUT2D eigenvalue weighted by molar-refractivity contribution is -0.385. The number of anilines is 2. The van der Waals surface area contributed by atoms with E-state index < -0.39 is 22.3 Å². The summed E-state index contributed by atoms with van der Waals surface area (Å²) in [6.45, 7) is 2.44. The fourth-order valence-corrected chi connectivity index (χ4v) is 4.27. The van der Waals surface area contributed by atoms with Gasteiger partial charge in [-0.25, -0.2) is 0 Å². The molecule has 0 unspecified atom stereocenters. The van der Waals surface area contributed by atoms with Crippen molar-refractivity contribution in [1.82, 2.24) is 0 Å². The molecular weight excluding hydrogens is 426 g/mol. The molecule has 0 spiro atoms. The standard InChI is InChI=1S/C24H25N3O6/c1-16(4-2-3-13-28)24(31)20-14-19(27(32)33)9-10-21(20)26(23(24)30)15-17-5-7-18(8-6-17)25-12-11-22(25)29/h2,4-10,14,16,28,31H,3,11-13,15H2,1H3/b4-2+/t16-,24+/m1/s1. The molecule has 4 rings (SSSR count). The minimum Gasteiger partial charge on any atom is -0.396 e. The van der Waals surface area contributed by atoms with Crippen LogP contribution in [-0.2, 0) is 21.7 Å². The third-order valence-corrected chi connectivity index (χ3v) is 6.28. The van der Waals surface area contributed by atoms with Gasteiger partial charge in [-0.1, -0.05) is 31.2 Å². The first-order valence-corrected chi connectivity index (χ1v) is 10.8. The van der Waals surface area contributed by atoms with E-state index in [9.17, 15) is 24.8 Å². The van der Waals surface area contributed by atoms with Crippen molar-refractivity contribution in [1.29, 1.82) is 0 Å². The van der Waals surface area contributed by atoms with Crippen LogP contribution in [-0.4, -0.2) is 40.1 Å². The lowest BCUT2D eigenvalue weighted by Crippen LogP contribution is -2.44. The third kappa shape index (κ3) is 3.90. The minimum absolute atomic E-state index is 0.0667. The van der Waals surface area contributed by atoms with Gasteiger partial charge in [-0.3, -0.25) is 19.7 Å². The predicted molar refractivity (Wildman–Crippen MR) is 122 cm³/mol. The zero-order valence-corrected chi connectivity index (χ0v) is 18.2. The highest BCUT2D eigenvalue weighted by Gasteiger charge is 2.53. The summed E-state index contributed by atoms with van der Waals surface area (Å²) in [6, 6.07) is 11.3. The van der Waals surface area contributed by atoms with Crippen LogP contribution in [0.3, 0.4) is 0 Å². The van der Waals surface area contributed by atoms with Gasteiger partial charge in [-0.15, -0.1) is 0 Å². The van der Waals surface area contributed by atoms with Gasteiger partial charge in [0.2, 0.25) is 5.91 Å². The average molecular weight is 451 g/mol. The fraction of sp³-hybridized carbons (Fsp3) is 0.333. The Hall–Kier alpha value is -3.56. The van der Waals surface area contributed by atoms with Gasteiger partial charge in [0, 0.05) is 48.9 Å². The zero-order valence-electron chi connectivity index (χ0n) is 18.2. The number of hydrogen-bond donors (Lipinski definition) is 2. The largest absolute Gasteiger partial charge is 0.396 e. The van der Waals surface area contributed by atoms with Crippen LogP contribution >= 0.6 is 0 Å². The molecular formula is C24H25N3O6. The third-order valence-electron chi connectivity index (χ3n) is 6.28. The van der Waals surface area contributed by atoms with Crippen LogP contribution in [0.2, 0.25) is 0 Å². The lowest BCUT2D eigenvalue weighted by atomic mass is 9.82. The molecule has 0 aromatic heterocycles. The molecule has 0 saturated carbocycles. The van der Waals surface area contributed by atoms with Crippen molar-refractivity contribution in [3.05, 3.63) is 75.9 Å². The van der Waals surface area contributed by atoms with Gasteiger partial charge in [0.15, 0.2) is 5.60 Å². The molecule has 0 radical (unpaired) electrons. The van der Waals surface area contributed by atoms with Crippen LogP contribution in [0.4, 0.5) is 17.1 Å². The molecule has 9 heteroatoms. The highest BCUT2D eigenvalue weighted by molar-refractivity contribution is 6.07. The van der Waals surface area contributed by atoms with Crippen molar-refractivity contribution in [2.24, 2.45) is 5.92 Å². The molecule has 2 heterocycles. The van der Waals surface area contributed by atoms with E-state index in [1.807, 2.05) is 24.3 Å². The van der Waals surface area contributed by atoms with Crippen LogP contribution in [0, 0.1) is 16.0 Å². The van der Waals surface area contributed by atoms with Gasteiger partial charge in [0.25, 0.3) is 11.6 Å². The average Bonchev–Trinajstić information content (AvgIpc) is 3.01. The van der Waals surface area contributed by atoms with Crippen molar-refractivity contribution in [2.45, 2.75) is 31.9 Å². The number of nitro groups is 1. The Morgan fingerprint density at radius 2 is 1.94 bits per heavy atom. The zero-order chi connectivity index (χ0) is 23.8. The van der Waals surface area contributed by atoms with E-state index in [0.717, 1.165) is 11.3 Å². The summed E-state index contributed by atoms with van der Waals surface area (Å²) in [5.41, 5.74) is -0.00721. The van der Waals surface area contributed by atoms with E-state index in [1.165, 1.54) is 23.1 Å². The number of fused-ring (bicyclic) bond motifs is 1. The highest BCUT2D eigenvalue weighted by atomic mass is 16.6. The number of non-ortho nitro benzene ring substituents is 1. The van der Waals surface area contributed by atoms with E-state index in [4.69, 9.17) is 5.11 Å². The van der Waals surface area contributed by atoms with E-state index in [2.05, 4.69) is 0 Å². The number of nitrogens with zero attached hydrogens (tertiary/aromatic N) is 3. The van der Waals surface area contributed by atoms with Crippen molar-refractivity contribution in [2.75, 3.05) is 23.0 Å². The molecule has 1 saturated heterocycles. The Kier molecular flexibility index (Phi) is 6.01. The molecule has 2 aliphatic heterocycles. The molecule has 33 heavy (non-hydrogen) atoms. The quantitative estimate of drug-likeness (QED) is 0.275. The Bertz CT molecular complexity index is 1130. The van der Waals surface area contributed by atoms with E-state index in [0.29, 0.717) is 25.1 Å². The van der Waals surface area contributed by atoms with Gasteiger partial charge in [0.05, 0.1) is 17.2 Å². The van der Waals surface area contributed by atoms with Crippen molar-refractivity contribution >= 4 is 28.9 Å². The van der Waals surface area contributed by atoms with Gasteiger partial charge in [0.1, 0.15) is 0 Å². The first kappa shape index (κ1) is 22.6. The number of hydrogen-bond acceptors (Lipinski definition) is 6. The van der Waals surface area contributed by atoms with Gasteiger partial charge in [-0.05, 0) is 30.2 Å². The number of β-lactam (4-membered cyclic amide) rings is 1. The Morgan fingerprint density at radius 1 is 1.21 bits per heavy atom. The molecule has 9 nitrogen and oxygen atoms in total. The van der Waals surface area contributed by atoms with E-state index in [-0.39, 0.29) is 30.3 Å². The number of nitro benzene ring substituents is 1.